The number of hydrogen-bond acceptors (Lipinski definition) is 4. The Morgan fingerprint density at radius 3 is 2.42 bits per heavy atom. The summed E-state index contributed by atoms with van der Waals surface area (Å²) >= 11 is 0. The Labute approximate surface area is 125 Å². The van der Waals surface area contributed by atoms with Crippen molar-refractivity contribution in [2.45, 2.75) is 25.9 Å². The predicted octanol–water partition coefficient (Wildman–Crippen LogP) is 2.59. The van der Waals surface area contributed by atoms with E-state index in [0.29, 0.717) is 12.2 Å². The largest absolute Gasteiger partial charge is 0.489 e. The second kappa shape index (κ2) is 9.02. The van der Waals surface area contributed by atoms with Crippen molar-refractivity contribution in [1.29, 1.82) is 0 Å². The number of nitrogens with one attached hydrogen (secondary N) is 1. The summed E-state index contributed by atoms with van der Waals surface area (Å²) < 4.78 is 10.8. The molecule has 1 saturated heterocycles. The molecule has 1 aromatic rings. The summed E-state index contributed by atoms with van der Waals surface area (Å²) in [5, 5.41) is 3.24. The molecule has 0 radical (unpaired) electrons. The Morgan fingerprint density at radius 1 is 1.26 bits per heavy atom. The van der Waals surface area contributed by atoms with E-state index in [0.717, 1.165) is 25.3 Å². The fraction of sp³-hybridized carbons (Fsp3) is 0.462. The molecule has 1 aliphatic heterocycles. The van der Waals surface area contributed by atoms with E-state index >= 15 is 0 Å². The van der Waals surface area contributed by atoms with Gasteiger partial charge in [-0.25, -0.2) is 0 Å². The molecule has 0 spiro atoms. The van der Waals surface area contributed by atoms with Crippen molar-refractivity contribution >= 4 is 30.8 Å². The van der Waals surface area contributed by atoms with E-state index in [2.05, 4.69) is 5.32 Å². The maximum absolute atomic E-state index is 11.1. The molecule has 1 heterocycles. The third-order valence-electron chi connectivity index (χ3n) is 2.66. The standard InChI is InChI=1S/C13H17NO3.2ClH/c1-2-13(15)17-11-5-3-10(4-6-11)16-12-7-8-14-9-12;;/h3-6,12,14H,2,7-9H2,1H3;2*1H/t12-;;/m0../s1. The molecule has 2 rings (SSSR count). The van der Waals surface area contributed by atoms with E-state index < -0.39 is 0 Å². The number of benzene rings is 1. The molecule has 6 heteroatoms. The highest BCUT2D eigenvalue weighted by molar-refractivity contribution is 5.85. The third kappa shape index (κ3) is 5.68. The van der Waals surface area contributed by atoms with Crippen molar-refractivity contribution in [2.75, 3.05) is 13.1 Å². The van der Waals surface area contributed by atoms with E-state index in [-0.39, 0.29) is 36.9 Å². The molecule has 0 aliphatic carbocycles. The molecule has 0 aromatic heterocycles. The highest BCUT2D eigenvalue weighted by Gasteiger charge is 2.15. The van der Waals surface area contributed by atoms with Crippen molar-refractivity contribution in [3.8, 4) is 11.5 Å². The lowest BCUT2D eigenvalue weighted by Gasteiger charge is -2.12. The van der Waals surface area contributed by atoms with Gasteiger partial charge in [0.25, 0.3) is 0 Å². The zero-order valence-electron chi connectivity index (χ0n) is 10.8. The van der Waals surface area contributed by atoms with Crippen LogP contribution in [0.5, 0.6) is 11.5 Å². The fourth-order valence-electron chi connectivity index (χ4n) is 1.71. The van der Waals surface area contributed by atoms with E-state index in [4.69, 9.17) is 9.47 Å². The Balaban J connectivity index is 0.00000162. The van der Waals surface area contributed by atoms with Gasteiger partial charge in [-0.2, -0.15) is 0 Å². The molecule has 0 unspecified atom stereocenters. The molecule has 1 atom stereocenters. The van der Waals surface area contributed by atoms with Gasteiger partial charge in [0, 0.05) is 13.0 Å². The van der Waals surface area contributed by atoms with Gasteiger partial charge in [0.1, 0.15) is 17.6 Å². The minimum atomic E-state index is -0.223. The Morgan fingerprint density at radius 2 is 1.89 bits per heavy atom. The molecular formula is C13H19Cl2NO3. The van der Waals surface area contributed by atoms with Gasteiger partial charge in [0.05, 0.1) is 0 Å². The lowest BCUT2D eigenvalue weighted by molar-refractivity contribution is -0.134. The van der Waals surface area contributed by atoms with Crippen LogP contribution in [0.15, 0.2) is 24.3 Å². The van der Waals surface area contributed by atoms with Gasteiger partial charge in [0.15, 0.2) is 0 Å². The average Bonchev–Trinajstić information content (AvgIpc) is 2.84. The molecule has 108 valence electrons. The molecule has 4 nitrogen and oxygen atoms in total. The van der Waals surface area contributed by atoms with E-state index in [1.807, 2.05) is 12.1 Å². The first-order valence-electron chi connectivity index (χ1n) is 5.96. The summed E-state index contributed by atoms with van der Waals surface area (Å²) in [6.45, 7) is 3.68. The minimum absolute atomic E-state index is 0. The van der Waals surface area contributed by atoms with Gasteiger partial charge in [-0.3, -0.25) is 4.79 Å². The van der Waals surface area contributed by atoms with Crippen LogP contribution >= 0.6 is 24.8 Å². The molecule has 1 aromatic carbocycles. The number of hydrogen-bond donors (Lipinski definition) is 1. The first-order valence-corrected chi connectivity index (χ1v) is 5.96. The van der Waals surface area contributed by atoms with Gasteiger partial charge in [-0.15, -0.1) is 24.8 Å². The van der Waals surface area contributed by atoms with Gasteiger partial charge < -0.3 is 14.8 Å². The van der Waals surface area contributed by atoms with Crippen LogP contribution in [-0.4, -0.2) is 25.2 Å². The van der Waals surface area contributed by atoms with Gasteiger partial charge in [-0.1, -0.05) is 6.92 Å². The summed E-state index contributed by atoms with van der Waals surface area (Å²) in [5.41, 5.74) is 0. The molecule has 0 bridgehead atoms. The summed E-state index contributed by atoms with van der Waals surface area (Å²) in [7, 11) is 0. The van der Waals surface area contributed by atoms with Crippen LogP contribution in [0.4, 0.5) is 0 Å². The molecule has 1 aliphatic rings. The van der Waals surface area contributed by atoms with Crippen LogP contribution in [0, 0.1) is 0 Å². The number of rotatable bonds is 4. The Kier molecular flexibility index (Phi) is 8.56. The monoisotopic (exact) mass is 307 g/mol. The number of carbonyl (C=O) groups is 1. The van der Waals surface area contributed by atoms with Gasteiger partial charge in [-0.05, 0) is 37.2 Å². The fourth-order valence-corrected chi connectivity index (χ4v) is 1.71. The quantitative estimate of drug-likeness (QED) is 0.686. The predicted molar refractivity (Wildman–Crippen MR) is 78.8 cm³/mol. The van der Waals surface area contributed by atoms with Crippen LogP contribution in [0.3, 0.4) is 0 Å². The maximum atomic E-state index is 11.1. The van der Waals surface area contributed by atoms with Crippen LogP contribution in [0.2, 0.25) is 0 Å². The highest BCUT2D eigenvalue weighted by atomic mass is 35.5. The third-order valence-corrected chi connectivity index (χ3v) is 2.66. The highest BCUT2D eigenvalue weighted by Crippen LogP contribution is 2.20. The number of carbonyl (C=O) groups excluding carboxylic acids is 1. The molecule has 19 heavy (non-hydrogen) atoms. The van der Waals surface area contributed by atoms with Crippen molar-refractivity contribution in [1.82, 2.24) is 5.32 Å². The topological polar surface area (TPSA) is 47.6 Å². The van der Waals surface area contributed by atoms with Crippen molar-refractivity contribution in [3.05, 3.63) is 24.3 Å². The number of esters is 1. The second-order valence-corrected chi connectivity index (χ2v) is 4.03. The van der Waals surface area contributed by atoms with Crippen LogP contribution in [0.1, 0.15) is 19.8 Å². The van der Waals surface area contributed by atoms with Crippen LogP contribution in [-0.2, 0) is 4.79 Å². The molecule has 1 N–H and O–H groups in total. The average molecular weight is 308 g/mol. The Hall–Kier alpha value is -0.970. The molecule has 0 saturated carbocycles. The zero-order valence-corrected chi connectivity index (χ0v) is 12.4. The smallest absolute Gasteiger partial charge is 0.310 e. The lowest BCUT2D eigenvalue weighted by Crippen LogP contribution is -2.19. The molecular weight excluding hydrogens is 289 g/mol. The van der Waals surface area contributed by atoms with Crippen LogP contribution in [0.25, 0.3) is 0 Å². The van der Waals surface area contributed by atoms with E-state index in [1.54, 1.807) is 19.1 Å². The van der Waals surface area contributed by atoms with E-state index in [1.165, 1.54) is 0 Å². The molecule has 0 amide bonds. The maximum Gasteiger partial charge on any atom is 0.310 e. The van der Waals surface area contributed by atoms with Crippen molar-refractivity contribution < 1.29 is 14.3 Å². The summed E-state index contributed by atoms with van der Waals surface area (Å²) in [5.74, 6) is 1.16. The summed E-state index contributed by atoms with van der Waals surface area (Å²) in [6, 6.07) is 7.17. The summed E-state index contributed by atoms with van der Waals surface area (Å²) in [6.07, 6.45) is 1.66. The normalized spacial score (nSPS) is 17.0. The first-order chi connectivity index (χ1) is 8.28. The van der Waals surface area contributed by atoms with Crippen molar-refractivity contribution in [2.24, 2.45) is 0 Å². The first kappa shape index (κ1) is 18.0. The molecule has 1 fully saturated rings. The number of ether oxygens (including phenoxy) is 2. The lowest BCUT2D eigenvalue weighted by atomic mass is 10.3. The summed E-state index contributed by atoms with van der Waals surface area (Å²) in [4.78, 5) is 11.1. The number of halogens is 2. The van der Waals surface area contributed by atoms with Crippen LogP contribution < -0.4 is 14.8 Å². The zero-order chi connectivity index (χ0) is 12.1. The SMILES string of the molecule is CCC(=O)Oc1ccc(O[C@H]2CCNC2)cc1.Cl.Cl. The minimum Gasteiger partial charge on any atom is -0.489 e. The van der Waals surface area contributed by atoms with Crippen molar-refractivity contribution in [3.63, 3.8) is 0 Å². The van der Waals surface area contributed by atoms with Gasteiger partial charge >= 0.3 is 5.97 Å². The van der Waals surface area contributed by atoms with E-state index in [9.17, 15) is 4.79 Å². The van der Waals surface area contributed by atoms with Gasteiger partial charge in [0.2, 0.25) is 0 Å². The Bertz CT molecular complexity index is 378. The second-order valence-electron chi connectivity index (χ2n) is 4.03.